The van der Waals surface area contributed by atoms with Crippen molar-refractivity contribution >= 4 is 27.0 Å². The molecule has 3 aromatic carbocycles. The molecule has 0 bridgehead atoms. The van der Waals surface area contributed by atoms with Crippen molar-refractivity contribution in [3.05, 3.63) is 89.0 Å². The van der Waals surface area contributed by atoms with Crippen molar-refractivity contribution < 1.29 is 22.7 Å². The first kappa shape index (κ1) is 21.6. The lowest BCUT2D eigenvalue weighted by Crippen LogP contribution is -2.25. The molecule has 0 amide bonds. The summed E-state index contributed by atoms with van der Waals surface area (Å²) in [7, 11) is -1.07. The number of allylic oxidation sites excluding steroid dienone is 1. The van der Waals surface area contributed by atoms with Gasteiger partial charge in [-0.1, -0.05) is 31.2 Å². The van der Waals surface area contributed by atoms with E-state index in [1.165, 1.54) is 38.6 Å². The van der Waals surface area contributed by atoms with Crippen molar-refractivity contribution in [2.75, 3.05) is 19.1 Å². The predicted molar refractivity (Wildman–Crippen MR) is 124 cm³/mol. The van der Waals surface area contributed by atoms with Crippen LogP contribution in [0.1, 0.15) is 22.8 Å². The van der Waals surface area contributed by atoms with E-state index in [9.17, 15) is 13.2 Å². The van der Waals surface area contributed by atoms with E-state index in [2.05, 4.69) is 6.92 Å². The SMILES string of the molecule is CCc1ccc(N2C=C(C(=O)c3ccc(OC)c(OC)c3)S(=O)(=O)c3ccccc32)cc1. The number of ether oxygens (including phenoxy) is 2. The minimum Gasteiger partial charge on any atom is -0.493 e. The van der Waals surface area contributed by atoms with Gasteiger partial charge in [-0.2, -0.15) is 0 Å². The number of nitrogens with zero attached hydrogens (tertiary/aromatic N) is 1. The molecule has 0 spiro atoms. The molecule has 0 aromatic heterocycles. The lowest BCUT2D eigenvalue weighted by molar-refractivity contribution is 0.104. The zero-order valence-electron chi connectivity index (χ0n) is 18.0. The van der Waals surface area contributed by atoms with E-state index in [0.29, 0.717) is 17.2 Å². The van der Waals surface area contributed by atoms with Crippen LogP contribution in [-0.4, -0.2) is 28.4 Å². The summed E-state index contributed by atoms with van der Waals surface area (Å²) in [5.74, 6) is 0.183. The van der Waals surface area contributed by atoms with Gasteiger partial charge >= 0.3 is 0 Å². The van der Waals surface area contributed by atoms with Gasteiger partial charge in [-0.15, -0.1) is 0 Å². The number of methoxy groups -OCH3 is 2. The maximum atomic E-state index is 13.4. The third-order valence-corrected chi connectivity index (χ3v) is 7.24. The van der Waals surface area contributed by atoms with Crippen molar-refractivity contribution in [3.8, 4) is 11.5 Å². The third-order valence-electron chi connectivity index (χ3n) is 5.44. The molecule has 0 saturated heterocycles. The third kappa shape index (κ3) is 3.65. The van der Waals surface area contributed by atoms with Gasteiger partial charge < -0.3 is 14.4 Å². The lowest BCUT2D eigenvalue weighted by Gasteiger charge is -2.29. The minimum atomic E-state index is -4.02. The van der Waals surface area contributed by atoms with E-state index in [1.807, 2.05) is 24.3 Å². The molecule has 3 aromatic rings. The van der Waals surface area contributed by atoms with Crippen LogP contribution in [0.2, 0.25) is 0 Å². The average molecular weight is 450 g/mol. The second-order valence-corrected chi connectivity index (χ2v) is 9.14. The fraction of sp³-hybridized carbons (Fsp3) is 0.160. The van der Waals surface area contributed by atoms with Gasteiger partial charge in [0.25, 0.3) is 0 Å². The van der Waals surface area contributed by atoms with Gasteiger partial charge in [-0.25, -0.2) is 8.42 Å². The standard InChI is InChI=1S/C25H23NO5S/c1-4-17-9-12-19(13-10-17)26-16-24(32(28,29)23-8-6-5-7-20(23)26)25(27)18-11-14-21(30-2)22(15-18)31-3/h5-16H,4H2,1-3H3. The molecule has 1 aliphatic heterocycles. The van der Waals surface area contributed by atoms with Gasteiger partial charge in [0.15, 0.2) is 11.5 Å². The maximum absolute atomic E-state index is 13.4. The Hall–Kier alpha value is -3.58. The number of carbonyl (C=O) groups is 1. The normalized spacial score (nSPS) is 14.3. The van der Waals surface area contributed by atoms with Crippen LogP contribution in [0.4, 0.5) is 11.4 Å². The zero-order valence-corrected chi connectivity index (χ0v) is 18.8. The largest absolute Gasteiger partial charge is 0.493 e. The van der Waals surface area contributed by atoms with Crippen LogP contribution in [0.5, 0.6) is 11.5 Å². The molecule has 0 radical (unpaired) electrons. The van der Waals surface area contributed by atoms with Crippen LogP contribution in [0, 0.1) is 0 Å². The van der Waals surface area contributed by atoms with E-state index in [0.717, 1.165) is 17.7 Å². The highest BCUT2D eigenvalue weighted by Gasteiger charge is 2.36. The van der Waals surface area contributed by atoms with Gasteiger partial charge in [0.2, 0.25) is 15.6 Å². The van der Waals surface area contributed by atoms with Crippen LogP contribution >= 0.6 is 0 Å². The van der Waals surface area contributed by atoms with Gasteiger partial charge in [0.1, 0.15) is 4.91 Å². The Morgan fingerprint density at radius 3 is 2.25 bits per heavy atom. The smallest absolute Gasteiger partial charge is 0.214 e. The molecule has 0 N–H and O–H groups in total. The first-order valence-electron chi connectivity index (χ1n) is 10.1. The van der Waals surface area contributed by atoms with Crippen LogP contribution in [0.15, 0.2) is 82.7 Å². The predicted octanol–water partition coefficient (Wildman–Crippen LogP) is 4.92. The topological polar surface area (TPSA) is 72.9 Å². The van der Waals surface area contributed by atoms with Crippen molar-refractivity contribution in [1.82, 2.24) is 0 Å². The van der Waals surface area contributed by atoms with E-state index in [1.54, 1.807) is 29.2 Å². The molecule has 0 fully saturated rings. The molecule has 32 heavy (non-hydrogen) atoms. The van der Waals surface area contributed by atoms with E-state index >= 15 is 0 Å². The molecule has 7 heteroatoms. The van der Waals surface area contributed by atoms with Crippen LogP contribution in [-0.2, 0) is 16.3 Å². The second-order valence-electron chi connectivity index (χ2n) is 7.25. The maximum Gasteiger partial charge on any atom is 0.214 e. The number of carbonyl (C=O) groups excluding carboxylic acids is 1. The van der Waals surface area contributed by atoms with Gasteiger partial charge in [0, 0.05) is 17.5 Å². The molecule has 6 nitrogen and oxygen atoms in total. The highest BCUT2D eigenvalue weighted by atomic mass is 32.2. The first-order chi connectivity index (χ1) is 15.4. The Balaban J connectivity index is 1.86. The molecule has 1 aliphatic rings. The van der Waals surface area contributed by atoms with Gasteiger partial charge in [-0.05, 0) is 54.4 Å². The quantitative estimate of drug-likeness (QED) is 0.498. The van der Waals surface area contributed by atoms with Crippen LogP contribution in [0.3, 0.4) is 0 Å². The van der Waals surface area contributed by atoms with Crippen molar-refractivity contribution in [1.29, 1.82) is 0 Å². The van der Waals surface area contributed by atoms with E-state index < -0.39 is 15.6 Å². The van der Waals surface area contributed by atoms with E-state index in [-0.39, 0.29) is 15.4 Å². The Bertz CT molecular complexity index is 1310. The number of Topliss-reactive ketones (excluding diaryl/α,β-unsaturated/α-hetero) is 1. The highest BCUT2D eigenvalue weighted by molar-refractivity contribution is 7.96. The molecule has 1 heterocycles. The second kappa shape index (κ2) is 8.51. The monoisotopic (exact) mass is 449 g/mol. The zero-order chi connectivity index (χ0) is 22.9. The van der Waals surface area contributed by atoms with Gasteiger partial charge in [0.05, 0.1) is 24.8 Å². The number of aryl methyl sites for hydroxylation is 1. The molecule has 0 aliphatic carbocycles. The fourth-order valence-corrected chi connectivity index (χ4v) is 5.21. The van der Waals surface area contributed by atoms with Gasteiger partial charge in [-0.3, -0.25) is 4.79 Å². The Labute approximate surface area is 187 Å². The summed E-state index contributed by atoms with van der Waals surface area (Å²) in [5, 5.41) is 0. The Morgan fingerprint density at radius 1 is 0.906 bits per heavy atom. The number of hydrogen-bond acceptors (Lipinski definition) is 6. The summed E-state index contributed by atoms with van der Waals surface area (Å²) in [6, 6.07) is 19.1. The molecular formula is C25H23NO5S. The Kier molecular flexibility index (Phi) is 5.76. The van der Waals surface area contributed by atoms with Crippen molar-refractivity contribution in [2.24, 2.45) is 0 Å². The number of ketones is 1. The van der Waals surface area contributed by atoms with Crippen LogP contribution in [0.25, 0.3) is 0 Å². The summed E-state index contributed by atoms with van der Waals surface area (Å²) in [5.41, 5.74) is 2.62. The molecule has 4 rings (SSSR count). The minimum absolute atomic E-state index is 0.0888. The molecular weight excluding hydrogens is 426 g/mol. The number of benzene rings is 3. The first-order valence-corrected chi connectivity index (χ1v) is 11.6. The van der Waals surface area contributed by atoms with E-state index in [4.69, 9.17) is 9.47 Å². The molecule has 164 valence electrons. The number of hydrogen-bond donors (Lipinski definition) is 0. The number of fused-ring (bicyclic) bond motifs is 1. The molecule has 0 atom stereocenters. The number of anilines is 2. The summed E-state index contributed by atoms with van der Waals surface area (Å²) in [6.07, 6.45) is 2.29. The number of rotatable bonds is 6. The lowest BCUT2D eigenvalue weighted by atomic mass is 10.1. The molecule has 0 unspecified atom stereocenters. The summed E-state index contributed by atoms with van der Waals surface area (Å²) in [6.45, 7) is 2.07. The summed E-state index contributed by atoms with van der Waals surface area (Å²) >= 11 is 0. The van der Waals surface area contributed by atoms with Crippen molar-refractivity contribution in [2.45, 2.75) is 18.2 Å². The van der Waals surface area contributed by atoms with Crippen molar-refractivity contribution in [3.63, 3.8) is 0 Å². The Morgan fingerprint density at radius 2 is 1.59 bits per heavy atom. The van der Waals surface area contributed by atoms with Crippen LogP contribution < -0.4 is 14.4 Å². The summed E-state index contributed by atoms with van der Waals surface area (Å²) < 4.78 is 37.3. The average Bonchev–Trinajstić information content (AvgIpc) is 2.83. The molecule has 0 saturated carbocycles. The highest BCUT2D eigenvalue weighted by Crippen LogP contribution is 2.40. The number of sulfone groups is 1. The fourth-order valence-electron chi connectivity index (χ4n) is 3.66. The number of para-hydroxylation sites is 1. The summed E-state index contributed by atoms with van der Waals surface area (Å²) in [4.78, 5) is 14.9.